The highest BCUT2D eigenvalue weighted by atomic mass is 16.7. The number of aromatic hydroxyl groups is 1. The van der Waals surface area contributed by atoms with Crippen molar-refractivity contribution in [2.75, 3.05) is 32.9 Å². The van der Waals surface area contributed by atoms with Crippen molar-refractivity contribution in [3.05, 3.63) is 75.3 Å². The van der Waals surface area contributed by atoms with Gasteiger partial charge in [0, 0.05) is 29.7 Å². The Morgan fingerprint density at radius 2 is 1.61 bits per heavy atom. The van der Waals surface area contributed by atoms with Crippen LogP contribution in [0.15, 0.2) is 48.5 Å². The minimum Gasteiger partial charge on any atom is -0.502 e. The fourth-order valence-electron chi connectivity index (χ4n) is 5.70. The number of esters is 1. The number of nitro groups is 1. The van der Waals surface area contributed by atoms with Gasteiger partial charge in [-0.05, 0) is 53.1 Å². The number of nitro benzene ring substituents is 1. The molecule has 3 aliphatic rings. The lowest BCUT2D eigenvalue weighted by Gasteiger charge is -2.40. The molecule has 1 aliphatic carbocycles. The predicted molar refractivity (Wildman–Crippen MR) is 133 cm³/mol. The molecule has 0 unspecified atom stereocenters. The molecule has 0 amide bonds. The van der Waals surface area contributed by atoms with Crippen LogP contribution < -0.4 is 24.3 Å². The van der Waals surface area contributed by atoms with Crippen LogP contribution in [-0.4, -0.2) is 43.6 Å². The first-order chi connectivity index (χ1) is 18.4. The lowest BCUT2D eigenvalue weighted by atomic mass is 9.65. The third-order valence-electron chi connectivity index (χ3n) is 7.45. The van der Waals surface area contributed by atoms with E-state index in [-0.39, 0.29) is 54.3 Å². The second-order valence-electron chi connectivity index (χ2n) is 9.33. The summed E-state index contributed by atoms with van der Waals surface area (Å²) in [5.41, 5.74) is 3.05. The molecule has 3 aromatic carbocycles. The van der Waals surface area contributed by atoms with Crippen molar-refractivity contribution in [2.45, 2.75) is 12.0 Å². The Morgan fingerprint density at radius 3 is 2.21 bits per heavy atom. The predicted octanol–water partition coefficient (Wildman–Crippen LogP) is 4.13. The van der Waals surface area contributed by atoms with Gasteiger partial charge in [-0.2, -0.15) is 0 Å². The Bertz CT molecular complexity index is 1410. The smallest absolute Gasteiger partial charge is 0.310 e. The third kappa shape index (κ3) is 3.69. The third-order valence-corrected chi connectivity index (χ3v) is 7.45. The quantitative estimate of drug-likeness (QED) is 0.277. The number of hydrogen-bond acceptors (Lipinski definition) is 10. The number of methoxy groups -OCH3 is 2. The van der Waals surface area contributed by atoms with Crippen LogP contribution in [0, 0.1) is 22.0 Å². The van der Waals surface area contributed by atoms with Crippen LogP contribution >= 0.6 is 0 Å². The SMILES string of the molecule is COc1cc([C@@H]2c3cc4c(cc3[C@H](Nc3ccc([N+](=O)[O-])cc3)[C@H]3COC(=O)[C@H]23)OCO4)cc(OC)c1O. The summed E-state index contributed by atoms with van der Waals surface area (Å²) < 4.78 is 27.7. The maximum atomic E-state index is 13.2. The molecular weight excluding hydrogens is 496 g/mol. The molecule has 1 saturated heterocycles. The van der Waals surface area contributed by atoms with E-state index < -0.39 is 16.8 Å². The zero-order valence-electron chi connectivity index (χ0n) is 20.5. The van der Waals surface area contributed by atoms with Crippen molar-refractivity contribution in [1.82, 2.24) is 0 Å². The minimum atomic E-state index is -0.572. The van der Waals surface area contributed by atoms with Gasteiger partial charge < -0.3 is 34.1 Å². The number of anilines is 1. The average Bonchev–Trinajstić information content (AvgIpc) is 3.54. The van der Waals surface area contributed by atoms with E-state index in [0.29, 0.717) is 22.7 Å². The Hall–Kier alpha value is -4.67. The van der Waals surface area contributed by atoms with E-state index in [9.17, 15) is 20.0 Å². The van der Waals surface area contributed by atoms with Gasteiger partial charge >= 0.3 is 5.97 Å². The van der Waals surface area contributed by atoms with Crippen molar-refractivity contribution < 1.29 is 38.5 Å². The first-order valence-corrected chi connectivity index (χ1v) is 12.0. The summed E-state index contributed by atoms with van der Waals surface area (Å²) in [7, 11) is 2.89. The molecule has 6 rings (SSSR count). The molecule has 38 heavy (non-hydrogen) atoms. The summed E-state index contributed by atoms with van der Waals surface area (Å²) in [6.45, 7) is 0.268. The number of benzene rings is 3. The number of ether oxygens (including phenoxy) is 5. The summed E-state index contributed by atoms with van der Waals surface area (Å²) in [4.78, 5) is 23.9. The zero-order chi connectivity index (χ0) is 26.6. The molecule has 0 bridgehead atoms. The summed E-state index contributed by atoms with van der Waals surface area (Å²) in [5.74, 6) is -0.204. The molecule has 0 spiro atoms. The van der Waals surface area contributed by atoms with E-state index in [1.165, 1.54) is 26.4 Å². The van der Waals surface area contributed by atoms with Crippen LogP contribution in [0.4, 0.5) is 11.4 Å². The van der Waals surface area contributed by atoms with Crippen molar-refractivity contribution in [3.63, 3.8) is 0 Å². The summed E-state index contributed by atoms with van der Waals surface area (Å²) in [6, 6.07) is 12.9. The lowest BCUT2D eigenvalue weighted by molar-refractivity contribution is -0.384. The maximum Gasteiger partial charge on any atom is 0.310 e. The van der Waals surface area contributed by atoms with Gasteiger partial charge in [0.1, 0.15) is 0 Å². The van der Waals surface area contributed by atoms with E-state index >= 15 is 0 Å². The van der Waals surface area contributed by atoms with Gasteiger partial charge in [0.25, 0.3) is 5.69 Å². The van der Waals surface area contributed by atoms with Gasteiger partial charge in [-0.25, -0.2) is 0 Å². The van der Waals surface area contributed by atoms with Gasteiger partial charge in [-0.15, -0.1) is 0 Å². The minimum absolute atomic E-state index is 0.0181. The highest BCUT2D eigenvalue weighted by Crippen LogP contribution is 2.56. The highest BCUT2D eigenvalue weighted by molar-refractivity contribution is 5.79. The monoisotopic (exact) mass is 520 g/mol. The summed E-state index contributed by atoms with van der Waals surface area (Å²) in [5, 5.41) is 25.1. The molecule has 2 aliphatic heterocycles. The fourth-order valence-corrected chi connectivity index (χ4v) is 5.70. The van der Waals surface area contributed by atoms with Crippen LogP contribution in [-0.2, 0) is 9.53 Å². The lowest BCUT2D eigenvalue weighted by Crippen LogP contribution is -2.37. The molecule has 3 aromatic rings. The van der Waals surface area contributed by atoms with Crippen molar-refractivity contribution in [3.8, 4) is 28.7 Å². The summed E-state index contributed by atoms with van der Waals surface area (Å²) >= 11 is 0. The second kappa shape index (κ2) is 9.02. The molecule has 11 heteroatoms. The number of phenolic OH excluding ortho intramolecular Hbond substituents is 1. The van der Waals surface area contributed by atoms with Crippen molar-refractivity contribution in [1.29, 1.82) is 0 Å². The number of fused-ring (bicyclic) bond motifs is 3. The molecule has 2 N–H and O–H groups in total. The topological polar surface area (TPSA) is 139 Å². The molecule has 2 heterocycles. The van der Waals surface area contributed by atoms with Crippen molar-refractivity contribution >= 4 is 17.3 Å². The average molecular weight is 520 g/mol. The Labute approximate surface area is 217 Å². The van der Waals surface area contributed by atoms with Crippen LogP contribution in [0.5, 0.6) is 28.7 Å². The number of rotatable bonds is 6. The first-order valence-electron chi connectivity index (χ1n) is 12.0. The van der Waals surface area contributed by atoms with Gasteiger partial charge in [0.15, 0.2) is 23.0 Å². The molecule has 0 radical (unpaired) electrons. The number of hydrogen-bond donors (Lipinski definition) is 2. The number of carbonyl (C=O) groups is 1. The van der Waals surface area contributed by atoms with E-state index in [4.69, 9.17) is 23.7 Å². The Morgan fingerprint density at radius 1 is 0.974 bits per heavy atom. The molecule has 0 saturated carbocycles. The summed E-state index contributed by atoms with van der Waals surface area (Å²) in [6.07, 6.45) is 0. The van der Waals surface area contributed by atoms with Gasteiger partial charge in [-0.1, -0.05) is 0 Å². The first kappa shape index (κ1) is 23.7. The maximum absolute atomic E-state index is 13.2. The van der Waals surface area contributed by atoms with Crippen LogP contribution in [0.2, 0.25) is 0 Å². The Balaban J connectivity index is 1.51. The number of non-ortho nitro benzene ring substituents is 1. The van der Waals surface area contributed by atoms with E-state index in [0.717, 1.165) is 11.1 Å². The van der Waals surface area contributed by atoms with Crippen LogP contribution in [0.3, 0.4) is 0 Å². The number of cyclic esters (lactones) is 1. The number of nitrogens with zero attached hydrogens (tertiary/aromatic N) is 1. The van der Waals surface area contributed by atoms with E-state index in [1.807, 2.05) is 12.1 Å². The highest BCUT2D eigenvalue weighted by Gasteiger charge is 2.52. The molecule has 0 aromatic heterocycles. The number of carbonyl (C=O) groups excluding carboxylic acids is 1. The van der Waals surface area contributed by atoms with Gasteiger partial charge in [0.2, 0.25) is 12.5 Å². The number of nitrogens with one attached hydrogen (secondary N) is 1. The largest absolute Gasteiger partial charge is 0.502 e. The molecule has 196 valence electrons. The van der Waals surface area contributed by atoms with E-state index in [2.05, 4.69) is 5.32 Å². The molecule has 1 fully saturated rings. The molecular formula is C27H24N2O9. The second-order valence-corrected chi connectivity index (χ2v) is 9.33. The fraction of sp³-hybridized carbons (Fsp3) is 0.296. The standard InChI is InChI=1S/C27H24N2O9/c1-34-21-7-13(8-22(35-2)26(21)30)23-16-9-19-20(38-12-37-19)10-17(16)25(18-11-36-27(31)24(18)23)28-14-3-5-15(6-4-14)29(32)33/h3-10,18,23-25,28,30H,11-12H2,1-2H3/t18-,23+,24-,25-/m0/s1. The van der Waals surface area contributed by atoms with Crippen LogP contribution in [0.25, 0.3) is 0 Å². The van der Waals surface area contributed by atoms with Gasteiger partial charge in [0.05, 0.1) is 37.7 Å². The molecule has 4 atom stereocenters. The van der Waals surface area contributed by atoms with Crippen molar-refractivity contribution in [2.24, 2.45) is 11.8 Å². The van der Waals surface area contributed by atoms with E-state index in [1.54, 1.807) is 24.3 Å². The van der Waals surface area contributed by atoms with Crippen LogP contribution in [0.1, 0.15) is 28.7 Å². The number of phenols is 1. The molecule has 11 nitrogen and oxygen atoms in total. The Kier molecular flexibility index (Phi) is 5.63. The zero-order valence-corrected chi connectivity index (χ0v) is 20.5. The van der Waals surface area contributed by atoms with Gasteiger partial charge in [-0.3, -0.25) is 14.9 Å². The normalized spacial score (nSPS) is 22.7.